The van der Waals surface area contributed by atoms with E-state index >= 15 is 0 Å². The maximum atomic E-state index is 12.3. The minimum atomic E-state index is -3.29. The van der Waals surface area contributed by atoms with Gasteiger partial charge < -0.3 is 0 Å². The molecule has 0 bridgehead atoms. The Bertz CT molecular complexity index is 717. The third-order valence-electron chi connectivity index (χ3n) is 3.58. The van der Waals surface area contributed by atoms with Crippen LogP contribution in [0.5, 0.6) is 0 Å². The van der Waals surface area contributed by atoms with Gasteiger partial charge in [0, 0.05) is 12.0 Å². The van der Waals surface area contributed by atoms with Crippen LogP contribution >= 0.6 is 0 Å². The first-order valence-electron chi connectivity index (χ1n) is 7.43. The van der Waals surface area contributed by atoms with Gasteiger partial charge in [0.2, 0.25) is 0 Å². The number of rotatable bonds is 7. The van der Waals surface area contributed by atoms with Gasteiger partial charge in [-0.25, -0.2) is 8.42 Å². The molecule has 0 saturated carbocycles. The van der Waals surface area contributed by atoms with E-state index in [1.807, 2.05) is 30.3 Å². The van der Waals surface area contributed by atoms with Gasteiger partial charge in [-0.3, -0.25) is 4.79 Å². The molecule has 0 spiro atoms. The lowest BCUT2D eigenvalue weighted by molar-refractivity contribution is 0.0988. The second kappa shape index (κ2) is 7.36. The zero-order valence-electron chi connectivity index (χ0n) is 12.7. The summed E-state index contributed by atoms with van der Waals surface area (Å²) >= 11 is 0. The molecule has 4 heteroatoms. The fourth-order valence-corrected chi connectivity index (χ4v) is 3.59. The standard InChI is InChI=1S/C18H20O3S/c1-2-18(19)16-10-12-17(13-11-16)22(20,21)14-6-9-15-7-4-3-5-8-15/h3-5,7-8,10-13H,2,6,9,14H2,1H3. The van der Waals surface area contributed by atoms with E-state index in [0.29, 0.717) is 18.4 Å². The van der Waals surface area contributed by atoms with E-state index in [9.17, 15) is 13.2 Å². The smallest absolute Gasteiger partial charge is 0.178 e. The zero-order valence-corrected chi connectivity index (χ0v) is 13.5. The fourth-order valence-electron chi connectivity index (χ4n) is 2.28. The number of benzene rings is 2. The van der Waals surface area contributed by atoms with Crippen molar-refractivity contribution in [2.45, 2.75) is 31.1 Å². The van der Waals surface area contributed by atoms with E-state index in [-0.39, 0.29) is 16.4 Å². The maximum Gasteiger partial charge on any atom is 0.178 e. The van der Waals surface area contributed by atoms with Gasteiger partial charge in [-0.2, -0.15) is 0 Å². The van der Waals surface area contributed by atoms with Gasteiger partial charge in [0.05, 0.1) is 10.6 Å². The van der Waals surface area contributed by atoms with Gasteiger partial charge >= 0.3 is 0 Å². The summed E-state index contributed by atoms with van der Waals surface area (Å²) < 4.78 is 24.6. The molecule has 0 aliphatic rings. The Morgan fingerprint density at radius 1 is 0.955 bits per heavy atom. The second-order valence-corrected chi connectivity index (χ2v) is 7.32. The van der Waals surface area contributed by atoms with Crippen molar-refractivity contribution in [3.63, 3.8) is 0 Å². The summed E-state index contributed by atoms with van der Waals surface area (Å²) in [4.78, 5) is 11.8. The number of carbonyl (C=O) groups excluding carboxylic acids is 1. The van der Waals surface area contributed by atoms with Crippen LogP contribution in [0.2, 0.25) is 0 Å². The summed E-state index contributed by atoms with van der Waals surface area (Å²) in [5.74, 6) is 0.135. The molecule has 3 nitrogen and oxygen atoms in total. The van der Waals surface area contributed by atoms with E-state index in [1.165, 1.54) is 12.1 Å². The quantitative estimate of drug-likeness (QED) is 0.732. The first-order chi connectivity index (χ1) is 10.5. The number of ketones is 1. The molecular weight excluding hydrogens is 296 g/mol. The first kappa shape index (κ1) is 16.4. The monoisotopic (exact) mass is 316 g/mol. The van der Waals surface area contributed by atoms with E-state index in [2.05, 4.69) is 0 Å². The van der Waals surface area contributed by atoms with Crippen molar-refractivity contribution in [1.29, 1.82) is 0 Å². The lowest BCUT2D eigenvalue weighted by atomic mass is 10.1. The van der Waals surface area contributed by atoms with Crippen LogP contribution in [0.25, 0.3) is 0 Å². The molecule has 2 rings (SSSR count). The molecular formula is C18H20O3S. The summed E-state index contributed by atoms with van der Waals surface area (Å²) in [5.41, 5.74) is 1.70. The Hall–Kier alpha value is -1.94. The Kier molecular flexibility index (Phi) is 5.50. The molecule has 0 aliphatic carbocycles. The highest BCUT2D eigenvalue weighted by atomic mass is 32.2. The van der Waals surface area contributed by atoms with Crippen LogP contribution in [0.3, 0.4) is 0 Å². The molecule has 0 atom stereocenters. The third-order valence-corrected chi connectivity index (χ3v) is 5.39. The van der Waals surface area contributed by atoms with Crippen LogP contribution in [0.15, 0.2) is 59.5 Å². The van der Waals surface area contributed by atoms with E-state index in [1.54, 1.807) is 19.1 Å². The molecule has 0 N–H and O–H groups in total. The zero-order chi connectivity index (χ0) is 16.0. The molecule has 0 fully saturated rings. The van der Waals surface area contributed by atoms with E-state index < -0.39 is 9.84 Å². The van der Waals surface area contributed by atoms with Crippen LogP contribution < -0.4 is 0 Å². The molecule has 0 aliphatic heterocycles. The molecule has 2 aromatic carbocycles. The molecule has 0 amide bonds. The van der Waals surface area contributed by atoms with Crippen molar-refractivity contribution in [2.75, 3.05) is 5.75 Å². The van der Waals surface area contributed by atoms with E-state index in [4.69, 9.17) is 0 Å². The topological polar surface area (TPSA) is 51.2 Å². The van der Waals surface area contributed by atoms with Crippen molar-refractivity contribution < 1.29 is 13.2 Å². The van der Waals surface area contributed by atoms with Crippen molar-refractivity contribution in [3.05, 3.63) is 65.7 Å². The van der Waals surface area contributed by atoms with Gasteiger partial charge in [0.25, 0.3) is 0 Å². The molecule has 0 radical (unpaired) electrons. The molecule has 0 heterocycles. The summed E-state index contributed by atoms with van der Waals surface area (Å²) in [6.07, 6.45) is 1.75. The lowest BCUT2D eigenvalue weighted by Gasteiger charge is -2.06. The summed E-state index contributed by atoms with van der Waals surface area (Å²) in [7, 11) is -3.29. The molecule has 2 aromatic rings. The summed E-state index contributed by atoms with van der Waals surface area (Å²) in [5, 5.41) is 0. The van der Waals surface area contributed by atoms with Crippen LogP contribution in [0.1, 0.15) is 35.7 Å². The molecule has 0 unspecified atom stereocenters. The number of Topliss-reactive ketones (excluding diaryl/α,β-unsaturated/α-hetero) is 1. The SMILES string of the molecule is CCC(=O)c1ccc(S(=O)(=O)CCCc2ccccc2)cc1. The number of sulfone groups is 1. The summed E-state index contributed by atoms with van der Waals surface area (Å²) in [6, 6.07) is 16.1. The fraction of sp³-hybridized carbons (Fsp3) is 0.278. The van der Waals surface area contributed by atoms with Crippen LogP contribution in [-0.4, -0.2) is 20.0 Å². The number of aryl methyl sites for hydroxylation is 1. The number of hydrogen-bond acceptors (Lipinski definition) is 3. The number of hydrogen-bond donors (Lipinski definition) is 0. The molecule has 22 heavy (non-hydrogen) atoms. The van der Waals surface area contributed by atoms with Gasteiger partial charge in [-0.05, 0) is 30.5 Å². The third kappa shape index (κ3) is 4.28. The lowest BCUT2D eigenvalue weighted by Crippen LogP contribution is -2.08. The van der Waals surface area contributed by atoms with Gasteiger partial charge in [0.1, 0.15) is 0 Å². The van der Waals surface area contributed by atoms with Gasteiger partial charge in [-0.1, -0.05) is 49.4 Å². The average Bonchev–Trinajstić information content (AvgIpc) is 2.55. The first-order valence-corrected chi connectivity index (χ1v) is 9.08. The Labute approximate surface area is 131 Å². The predicted molar refractivity (Wildman–Crippen MR) is 87.9 cm³/mol. The highest BCUT2D eigenvalue weighted by Crippen LogP contribution is 2.15. The van der Waals surface area contributed by atoms with Crippen LogP contribution in [-0.2, 0) is 16.3 Å². The molecule has 0 saturated heterocycles. The Morgan fingerprint density at radius 2 is 1.59 bits per heavy atom. The highest BCUT2D eigenvalue weighted by Gasteiger charge is 2.14. The van der Waals surface area contributed by atoms with Crippen molar-refractivity contribution in [1.82, 2.24) is 0 Å². The normalized spacial score (nSPS) is 11.3. The minimum absolute atomic E-state index is 0.0213. The Balaban J connectivity index is 1.99. The van der Waals surface area contributed by atoms with Crippen molar-refractivity contribution in [3.8, 4) is 0 Å². The van der Waals surface area contributed by atoms with Crippen LogP contribution in [0.4, 0.5) is 0 Å². The number of carbonyl (C=O) groups is 1. The van der Waals surface area contributed by atoms with Crippen molar-refractivity contribution in [2.24, 2.45) is 0 Å². The minimum Gasteiger partial charge on any atom is -0.294 e. The maximum absolute atomic E-state index is 12.3. The van der Waals surface area contributed by atoms with Crippen LogP contribution in [0, 0.1) is 0 Å². The summed E-state index contributed by atoms with van der Waals surface area (Å²) in [6.45, 7) is 1.79. The molecule has 0 aromatic heterocycles. The van der Waals surface area contributed by atoms with Gasteiger partial charge in [0.15, 0.2) is 15.6 Å². The van der Waals surface area contributed by atoms with Crippen molar-refractivity contribution >= 4 is 15.6 Å². The van der Waals surface area contributed by atoms with Gasteiger partial charge in [-0.15, -0.1) is 0 Å². The highest BCUT2D eigenvalue weighted by molar-refractivity contribution is 7.91. The molecule has 116 valence electrons. The largest absolute Gasteiger partial charge is 0.294 e. The van der Waals surface area contributed by atoms with E-state index in [0.717, 1.165) is 12.0 Å². The average molecular weight is 316 g/mol. The Morgan fingerprint density at radius 3 is 2.18 bits per heavy atom. The second-order valence-electron chi connectivity index (χ2n) is 5.21. The predicted octanol–water partition coefficient (Wildman–Crippen LogP) is 3.69.